The zero-order valence-corrected chi connectivity index (χ0v) is 15.1. The van der Waals surface area contributed by atoms with Gasteiger partial charge in [-0.3, -0.25) is 4.79 Å². The van der Waals surface area contributed by atoms with Crippen molar-refractivity contribution in [2.24, 2.45) is 0 Å². The molecule has 25 heavy (non-hydrogen) atoms. The van der Waals surface area contributed by atoms with E-state index < -0.39 is 30.9 Å². The Morgan fingerprint density at radius 2 is 1.80 bits per heavy atom. The van der Waals surface area contributed by atoms with Crippen molar-refractivity contribution < 1.29 is 23.5 Å². The second-order valence-corrected chi connectivity index (χ2v) is 6.04. The molecule has 0 aromatic heterocycles. The lowest BCUT2D eigenvalue weighted by Gasteiger charge is -2.16. The quantitative estimate of drug-likeness (QED) is 0.711. The summed E-state index contributed by atoms with van der Waals surface area (Å²) in [5.74, 6) is -1.82. The molecule has 1 N–H and O–H groups in total. The number of ether oxygens (including phenoxy) is 2. The third kappa shape index (κ3) is 5.86. The number of hydrogen-bond donors (Lipinski definition) is 1. The Hall–Kier alpha value is -2.41. The van der Waals surface area contributed by atoms with Gasteiger partial charge in [0.05, 0.1) is 6.04 Å². The number of carbonyl (C=O) groups is 2. The van der Waals surface area contributed by atoms with Gasteiger partial charge in [0.15, 0.2) is 24.8 Å². The number of esters is 1. The summed E-state index contributed by atoms with van der Waals surface area (Å²) < 4.78 is 24.1. The zero-order chi connectivity index (χ0) is 18.2. The first-order chi connectivity index (χ1) is 12.0. The molecule has 0 saturated heterocycles. The molecule has 0 radical (unpaired) electrons. The van der Waals surface area contributed by atoms with Gasteiger partial charge < -0.3 is 14.8 Å². The Morgan fingerprint density at radius 3 is 2.52 bits per heavy atom. The highest BCUT2D eigenvalue weighted by atomic mass is 79.9. The monoisotopic (exact) mass is 409 g/mol. The zero-order valence-electron chi connectivity index (χ0n) is 13.5. The molecular weight excluding hydrogens is 393 g/mol. The number of nitrogens with one attached hydrogen (secondary N) is 1. The predicted octanol–water partition coefficient (Wildman–Crippen LogP) is 3.39. The van der Waals surface area contributed by atoms with Gasteiger partial charge in [0.25, 0.3) is 5.91 Å². The van der Waals surface area contributed by atoms with Crippen molar-refractivity contribution in [1.82, 2.24) is 5.32 Å². The summed E-state index contributed by atoms with van der Waals surface area (Å²) in [6.45, 7) is 0.906. The van der Waals surface area contributed by atoms with Gasteiger partial charge in [-0.25, -0.2) is 9.18 Å². The Bertz CT molecular complexity index is 753. The van der Waals surface area contributed by atoms with E-state index in [1.54, 1.807) is 6.07 Å². The third-order valence-electron chi connectivity index (χ3n) is 3.30. The molecule has 0 unspecified atom stereocenters. The molecule has 2 rings (SSSR count). The Kier molecular flexibility index (Phi) is 6.94. The van der Waals surface area contributed by atoms with E-state index in [2.05, 4.69) is 21.2 Å². The number of amides is 1. The second kappa shape index (κ2) is 9.17. The maximum Gasteiger partial charge on any atom is 0.344 e. The van der Waals surface area contributed by atoms with Gasteiger partial charge in [0.2, 0.25) is 0 Å². The fourth-order valence-electron chi connectivity index (χ4n) is 2.07. The van der Waals surface area contributed by atoms with Crippen LogP contribution in [-0.4, -0.2) is 25.1 Å². The molecule has 2 aromatic rings. The molecule has 132 valence electrons. The summed E-state index contributed by atoms with van der Waals surface area (Å²) >= 11 is 3.41. The van der Waals surface area contributed by atoms with Crippen molar-refractivity contribution in [1.29, 1.82) is 0 Å². The summed E-state index contributed by atoms with van der Waals surface area (Å²) in [5, 5.41) is 2.73. The molecule has 0 aliphatic heterocycles. The summed E-state index contributed by atoms with van der Waals surface area (Å²) in [7, 11) is 0. The SMILES string of the molecule is C[C@H](NC(=O)COC(=O)COc1ccccc1F)c1ccccc1Br. The Balaban J connectivity index is 1.75. The summed E-state index contributed by atoms with van der Waals surface area (Å²) in [6.07, 6.45) is 0. The molecule has 5 nitrogen and oxygen atoms in total. The van der Waals surface area contributed by atoms with E-state index in [1.165, 1.54) is 18.2 Å². The average molecular weight is 410 g/mol. The number of halogens is 2. The minimum absolute atomic E-state index is 0.0496. The van der Waals surface area contributed by atoms with Crippen molar-refractivity contribution in [2.75, 3.05) is 13.2 Å². The van der Waals surface area contributed by atoms with Crippen LogP contribution in [0.1, 0.15) is 18.5 Å². The molecule has 0 aliphatic rings. The average Bonchev–Trinajstić information content (AvgIpc) is 2.59. The van der Waals surface area contributed by atoms with Gasteiger partial charge in [0, 0.05) is 4.47 Å². The first-order valence-electron chi connectivity index (χ1n) is 7.54. The highest BCUT2D eigenvalue weighted by Gasteiger charge is 2.14. The lowest BCUT2D eigenvalue weighted by molar-refractivity contribution is -0.150. The van der Waals surface area contributed by atoms with Crippen LogP contribution in [0.25, 0.3) is 0 Å². The van der Waals surface area contributed by atoms with Gasteiger partial charge in [0.1, 0.15) is 0 Å². The normalized spacial score (nSPS) is 11.5. The van der Waals surface area contributed by atoms with Gasteiger partial charge in [-0.1, -0.05) is 46.3 Å². The lowest BCUT2D eigenvalue weighted by atomic mass is 10.1. The predicted molar refractivity (Wildman–Crippen MR) is 93.6 cm³/mol. The number of benzene rings is 2. The number of carbonyl (C=O) groups excluding carboxylic acids is 2. The van der Waals surface area contributed by atoms with Crippen LogP contribution in [0, 0.1) is 5.82 Å². The van der Waals surface area contributed by atoms with E-state index in [0.717, 1.165) is 10.0 Å². The van der Waals surface area contributed by atoms with Gasteiger partial charge in [-0.2, -0.15) is 0 Å². The van der Waals surface area contributed by atoms with E-state index in [4.69, 9.17) is 9.47 Å². The van der Waals surface area contributed by atoms with Crippen LogP contribution in [0.2, 0.25) is 0 Å². The molecule has 0 fully saturated rings. The molecule has 0 heterocycles. The maximum absolute atomic E-state index is 13.3. The van der Waals surface area contributed by atoms with Crippen molar-refractivity contribution >= 4 is 27.8 Å². The third-order valence-corrected chi connectivity index (χ3v) is 4.02. The molecule has 0 bridgehead atoms. The van der Waals surface area contributed by atoms with E-state index in [9.17, 15) is 14.0 Å². The van der Waals surface area contributed by atoms with Crippen LogP contribution in [-0.2, 0) is 14.3 Å². The first kappa shape index (κ1) is 18.9. The molecule has 0 aliphatic carbocycles. The molecule has 2 aromatic carbocycles. The van der Waals surface area contributed by atoms with Crippen LogP contribution in [0.5, 0.6) is 5.75 Å². The van der Waals surface area contributed by atoms with Crippen LogP contribution in [0.3, 0.4) is 0 Å². The highest BCUT2D eigenvalue weighted by Crippen LogP contribution is 2.22. The summed E-state index contributed by atoms with van der Waals surface area (Å²) in [6, 6.07) is 12.9. The van der Waals surface area contributed by atoms with Crippen LogP contribution in [0.4, 0.5) is 4.39 Å². The fraction of sp³-hybridized carbons (Fsp3) is 0.222. The number of para-hydroxylation sites is 1. The largest absolute Gasteiger partial charge is 0.479 e. The first-order valence-corrected chi connectivity index (χ1v) is 8.33. The van der Waals surface area contributed by atoms with Crippen molar-refractivity contribution in [3.63, 3.8) is 0 Å². The molecular formula is C18H17BrFNO4. The van der Waals surface area contributed by atoms with E-state index in [-0.39, 0.29) is 11.8 Å². The minimum Gasteiger partial charge on any atom is -0.479 e. The van der Waals surface area contributed by atoms with Crippen molar-refractivity contribution in [2.45, 2.75) is 13.0 Å². The minimum atomic E-state index is -0.757. The molecule has 7 heteroatoms. The van der Waals surface area contributed by atoms with E-state index in [0.29, 0.717) is 0 Å². The Labute approximate surface area is 153 Å². The summed E-state index contributed by atoms with van der Waals surface area (Å²) in [4.78, 5) is 23.5. The fourth-order valence-corrected chi connectivity index (χ4v) is 2.70. The summed E-state index contributed by atoms with van der Waals surface area (Å²) in [5.41, 5.74) is 0.907. The van der Waals surface area contributed by atoms with E-state index >= 15 is 0 Å². The lowest BCUT2D eigenvalue weighted by Crippen LogP contribution is -2.32. The smallest absolute Gasteiger partial charge is 0.344 e. The molecule has 0 spiro atoms. The highest BCUT2D eigenvalue weighted by molar-refractivity contribution is 9.10. The number of rotatable bonds is 7. The maximum atomic E-state index is 13.3. The standard InChI is InChI=1S/C18H17BrFNO4/c1-12(13-6-2-3-7-14(13)19)21-17(22)10-25-18(23)11-24-16-9-5-4-8-15(16)20/h2-9,12H,10-11H2,1H3,(H,21,22)/t12-/m0/s1. The van der Waals surface area contributed by atoms with Crippen LogP contribution >= 0.6 is 15.9 Å². The van der Waals surface area contributed by atoms with Crippen molar-refractivity contribution in [3.8, 4) is 5.75 Å². The Morgan fingerprint density at radius 1 is 1.12 bits per heavy atom. The van der Waals surface area contributed by atoms with Gasteiger partial charge in [-0.05, 0) is 30.7 Å². The van der Waals surface area contributed by atoms with Gasteiger partial charge in [-0.15, -0.1) is 0 Å². The topological polar surface area (TPSA) is 64.6 Å². The molecule has 0 saturated carbocycles. The molecule has 1 atom stereocenters. The van der Waals surface area contributed by atoms with Gasteiger partial charge >= 0.3 is 5.97 Å². The number of hydrogen-bond acceptors (Lipinski definition) is 4. The molecule has 1 amide bonds. The second-order valence-electron chi connectivity index (χ2n) is 5.19. The van der Waals surface area contributed by atoms with E-state index in [1.807, 2.05) is 31.2 Å². The van der Waals surface area contributed by atoms with Crippen LogP contribution in [0.15, 0.2) is 53.0 Å². The van der Waals surface area contributed by atoms with Crippen molar-refractivity contribution in [3.05, 3.63) is 64.4 Å². The van der Waals surface area contributed by atoms with Crippen LogP contribution < -0.4 is 10.1 Å².